The molecular formula is C15H24ClN3O. The van der Waals surface area contributed by atoms with Crippen LogP contribution >= 0.6 is 11.6 Å². The summed E-state index contributed by atoms with van der Waals surface area (Å²) < 4.78 is 0. The molecule has 1 rings (SSSR count). The zero-order chi connectivity index (χ0) is 15.1. The number of hydrogen-bond acceptors (Lipinski definition) is 3. The van der Waals surface area contributed by atoms with Crippen molar-refractivity contribution in [2.75, 3.05) is 24.6 Å². The Bertz CT molecular complexity index is 447. The second-order valence-corrected chi connectivity index (χ2v) is 5.39. The van der Waals surface area contributed by atoms with Crippen LogP contribution < -0.4 is 11.1 Å². The molecule has 1 aromatic carbocycles. The Morgan fingerprint density at radius 1 is 1.40 bits per heavy atom. The quantitative estimate of drug-likeness (QED) is 0.759. The number of hydrogen-bond donors (Lipinski definition) is 2. The SMILES string of the molecule is CCC(CC)N(C)CCC(=O)Nc1ccc(Cl)c(N)c1. The van der Waals surface area contributed by atoms with Gasteiger partial charge in [-0.25, -0.2) is 0 Å². The summed E-state index contributed by atoms with van der Waals surface area (Å²) in [5.41, 5.74) is 6.86. The van der Waals surface area contributed by atoms with Gasteiger partial charge in [-0.2, -0.15) is 0 Å². The summed E-state index contributed by atoms with van der Waals surface area (Å²) in [6.07, 6.45) is 2.67. The highest BCUT2D eigenvalue weighted by molar-refractivity contribution is 6.33. The van der Waals surface area contributed by atoms with Gasteiger partial charge in [0, 0.05) is 24.7 Å². The van der Waals surface area contributed by atoms with Gasteiger partial charge in [-0.1, -0.05) is 25.4 Å². The van der Waals surface area contributed by atoms with Crippen molar-refractivity contribution < 1.29 is 4.79 Å². The maximum Gasteiger partial charge on any atom is 0.225 e. The molecule has 0 aromatic heterocycles. The minimum atomic E-state index is -0.00970. The van der Waals surface area contributed by atoms with Crippen molar-refractivity contribution in [2.45, 2.75) is 39.2 Å². The summed E-state index contributed by atoms with van der Waals surface area (Å²) in [5.74, 6) is -0.00970. The maximum atomic E-state index is 11.9. The van der Waals surface area contributed by atoms with Crippen molar-refractivity contribution in [2.24, 2.45) is 0 Å². The number of nitrogens with two attached hydrogens (primary N) is 1. The lowest BCUT2D eigenvalue weighted by Gasteiger charge is -2.25. The van der Waals surface area contributed by atoms with Gasteiger partial charge >= 0.3 is 0 Å². The average Bonchev–Trinajstić information content (AvgIpc) is 2.42. The summed E-state index contributed by atoms with van der Waals surface area (Å²) in [4.78, 5) is 14.1. The summed E-state index contributed by atoms with van der Waals surface area (Å²) >= 11 is 5.84. The van der Waals surface area contributed by atoms with E-state index in [1.165, 1.54) is 0 Å². The topological polar surface area (TPSA) is 58.4 Å². The van der Waals surface area contributed by atoms with Crippen LogP contribution in [0.15, 0.2) is 18.2 Å². The second kappa shape index (κ2) is 8.12. The predicted octanol–water partition coefficient (Wildman–Crippen LogP) is 3.37. The molecule has 0 fully saturated rings. The molecule has 5 heteroatoms. The Morgan fingerprint density at radius 2 is 2.05 bits per heavy atom. The van der Waals surface area contributed by atoms with E-state index in [1.807, 2.05) is 0 Å². The molecule has 0 heterocycles. The monoisotopic (exact) mass is 297 g/mol. The average molecular weight is 298 g/mol. The van der Waals surface area contributed by atoms with Crippen molar-refractivity contribution in [1.29, 1.82) is 0 Å². The van der Waals surface area contributed by atoms with Crippen molar-refractivity contribution in [1.82, 2.24) is 4.90 Å². The van der Waals surface area contributed by atoms with Gasteiger partial charge < -0.3 is 16.0 Å². The Morgan fingerprint density at radius 3 is 2.60 bits per heavy atom. The van der Waals surface area contributed by atoms with Crippen LogP contribution in [0.5, 0.6) is 0 Å². The van der Waals surface area contributed by atoms with E-state index >= 15 is 0 Å². The van der Waals surface area contributed by atoms with Gasteiger partial charge in [0.25, 0.3) is 0 Å². The van der Waals surface area contributed by atoms with Crippen LogP contribution in [0.1, 0.15) is 33.1 Å². The van der Waals surface area contributed by atoms with Gasteiger partial charge in [0.05, 0.1) is 10.7 Å². The number of halogens is 1. The van der Waals surface area contributed by atoms with Gasteiger partial charge in [0.2, 0.25) is 5.91 Å². The van der Waals surface area contributed by atoms with Crippen molar-refractivity contribution in [3.8, 4) is 0 Å². The predicted molar refractivity (Wildman–Crippen MR) is 86.1 cm³/mol. The van der Waals surface area contributed by atoms with Gasteiger partial charge in [0.1, 0.15) is 0 Å². The Kier molecular flexibility index (Phi) is 6.82. The van der Waals surface area contributed by atoms with E-state index < -0.39 is 0 Å². The highest BCUT2D eigenvalue weighted by Crippen LogP contribution is 2.22. The molecule has 1 amide bonds. The number of nitrogen functional groups attached to an aromatic ring is 1. The maximum absolute atomic E-state index is 11.9. The molecule has 0 aliphatic carbocycles. The molecular weight excluding hydrogens is 274 g/mol. The molecule has 4 nitrogen and oxygen atoms in total. The number of carbonyl (C=O) groups excluding carboxylic acids is 1. The number of nitrogens with zero attached hydrogens (tertiary/aromatic N) is 1. The molecule has 0 saturated heterocycles. The van der Waals surface area contributed by atoms with E-state index in [0.717, 1.165) is 19.4 Å². The molecule has 0 spiro atoms. The van der Waals surface area contributed by atoms with Gasteiger partial charge in [0.15, 0.2) is 0 Å². The van der Waals surface area contributed by atoms with Crippen LogP contribution in [0, 0.1) is 0 Å². The fourth-order valence-corrected chi connectivity index (χ4v) is 2.34. The third-order valence-corrected chi connectivity index (χ3v) is 3.88. The molecule has 112 valence electrons. The summed E-state index contributed by atoms with van der Waals surface area (Å²) in [6, 6.07) is 5.64. The van der Waals surface area contributed by atoms with Crippen LogP contribution in [0.25, 0.3) is 0 Å². The van der Waals surface area contributed by atoms with Gasteiger partial charge in [-0.05, 0) is 38.1 Å². The standard InChI is InChI=1S/C15H24ClN3O/c1-4-12(5-2)19(3)9-8-15(20)18-11-6-7-13(16)14(17)10-11/h6-7,10,12H,4-5,8-9,17H2,1-3H3,(H,18,20). The molecule has 0 saturated carbocycles. The Hall–Kier alpha value is -1.26. The van der Waals surface area contributed by atoms with Crippen molar-refractivity contribution in [3.05, 3.63) is 23.2 Å². The minimum Gasteiger partial charge on any atom is -0.397 e. The van der Waals surface area contributed by atoms with Gasteiger partial charge in [-0.15, -0.1) is 0 Å². The first-order valence-corrected chi connectivity index (χ1v) is 7.40. The van der Waals surface area contributed by atoms with Crippen LogP contribution in [0.2, 0.25) is 5.02 Å². The number of benzene rings is 1. The Balaban J connectivity index is 2.45. The molecule has 20 heavy (non-hydrogen) atoms. The zero-order valence-corrected chi connectivity index (χ0v) is 13.2. The third-order valence-electron chi connectivity index (χ3n) is 3.54. The van der Waals surface area contributed by atoms with Crippen molar-refractivity contribution >= 4 is 28.9 Å². The van der Waals surface area contributed by atoms with E-state index in [1.54, 1.807) is 18.2 Å². The number of anilines is 2. The fourth-order valence-electron chi connectivity index (χ4n) is 2.22. The summed E-state index contributed by atoms with van der Waals surface area (Å²) in [6.45, 7) is 5.09. The second-order valence-electron chi connectivity index (χ2n) is 4.99. The van der Waals surface area contributed by atoms with Gasteiger partial charge in [-0.3, -0.25) is 4.79 Å². The number of rotatable bonds is 7. The third kappa shape index (κ3) is 5.02. The van der Waals surface area contributed by atoms with E-state index in [0.29, 0.717) is 28.9 Å². The lowest BCUT2D eigenvalue weighted by Crippen LogP contribution is -2.33. The van der Waals surface area contributed by atoms with E-state index in [2.05, 4.69) is 31.1 Å². The van der Waals surface area contributed by atoms with E-state index in [4.69, 9.17) is 17.3 Å². The smallest absolute Gasteiger partial charge is 0.225 e. The first-order chi connectivity index (χ1) is 9.47. The molecule has 0 atom stereocenters. The van der Waals surface area contributed by atoms with Crippen LogP contribution in [0.3, 0.4) is 0 Å². The number of nitrogens with one attached hydrogen (secondary N) is 1. The molecule has 0 unspecified atom stereocenters. The molecule has 0 bridgehead atoms. The lowest BCUT2D eigenvalue weighted by atomic mass is 10.1. The molecule has 0 aliphatic rings. The summed E-state index contributed by atoms with van der Waals surface area (Å²) in [7, 11) is 2.06. The van der Waals surface area contributed by atoms with E-state index in [9.17, 15) is 4.79 Å². The molecule has 0 aliphatic heterocycles. The van der Waals surface area contributed by atoms with E-state index in [-0.39, 0.29) is 5.91 Å². The normalized spacial score (nSPS) is 11.1. The zero-order valence-electron chi connectivity index (χ0n) is 12.4. The first-order valence-electron chi connectivity index (χ1n) is 7.03. The van der Waals surface area contributed by atoms with Crippen molar-refractivity contribution in [3.63, 3.8) is 0 Å². The molecule has 1 aromatic rings. The molecule has 3 N–H and O–H groups in total. The van der Waals surface area contributed by atoms with Crippen LogP contribution in [-0.2, 0) is 4.79 Å². The molecule has 0 radical (unpaired) electrons. The number of amides is 1. The largest absolute Gasteiger partial charge is 0.397 e. The number of carbonyl (C=O) groups is 1. The first kappa shape index (κ1) is 16.8. The summed E-state index contributed by atoms with van der Waals surface area (Å²) in [5, 5.41) is 3.33. The van der Waals surface area contributed by atoms with Crippen LogP contribution in [0.4, 0.5) is 11.4 Å². The lowest BCUT2D eigenvalue weighted by molar-refractivity contribution is -0.116. The highest BCUT2D eigenvalue weighted by Gasteiger charge is 2.12. The highest BCUT2D eigenvalue weighted by atomic mass is 35.5. The minimum absolute atomic E-state index is 0.00970. The van der Waals surface area contributed by atoms with Crippen LogP contribution in [-0.4, -0.2) is 30.4 Å². The fraction of sp³-hybridized carbons (Fsp3) is 0.533. The Labute approximate surface area is 126 Å².